The minimum atomic E-state index is -1.49. The third-order valence-electron chi connectivity index (χ3n) is 3.48. The molecular weight excluding hydrogens is 348 g/mol. The van der Waals surface area contributed by atoms with Crippen LogP contribution in [0, 0.1) is 0 Å². The maximum Gasteiger partial charge on any atom is 0.328 e. The molecule has 4 atom stereocenters. The second kappa shape index (κ2) is 8.92. The van der Waals surface area contributed by atoms with Crippen LogP contribution in [0.25, 0.3) is 0 Å². The Kier molecular flexibility index (Phi) is 7.23. The van der Waals surface area contributed by atoms with E-state index in [0.717, 1.165) is 0 Å². The summed E-state index contributed by atoms with van der Waals surface area (Å²) in [6, 6.07) is 1.97. The lowest BCUT2D eigenvalue weighted by Gasteiger charge is -2.18. The van der Waals surface area contributed by atoms with Gasteiger partial charge in [-0.2, -0.15) is 0 Å². The Morgan fingerprint density at radius 2 is 1.00 bits per heavy atom. The van der Waals surface area contributed by atoms with Gasteiger partial charge in [-0.1, -0.05) is 0 Å². The monoisotopic (exact) mass is 368 g/mol. The van der Waals surface area contributed by atoms with E-state index >= 15 is 0 Å². The van der Waals surface area contributed by atoms with E-state index in [1.54, 1.807) is 0 Å². The van der Waals surface area contributed by atoms with E-state index in [0.29, 0.717) is 0 Å². The molecule has 10 nitrogen and oxygen atoms in total. The van der Waals surface area contributed by atoms with Crippen LogP contribution in [0.5, 0.6) is 0 Å². The summed E-state index contributed by atoms with van der Waals surface area (Å²) >= 11 is 0. The van der Waals surface area contributed by atoms with Gasteiger partial charge in [0, 0.05) is 11.1 Å². The molecule has 0 aromatic heterocycles. The summed E-state index contributed by atoms with van der Waals surface area (Å²) in [5.41, 5.74) is 0.0810. The fourth-order valence-corrected chi connectivity index (χ4v) is 2.00. The van der Waals surface area contributed by atoms with Gasteiger partial charge < -0.3 is 31.1 Å². The summed E-state index contributed by atoms with van der Waals surface area (Å²) < 4.78 is 0. The molecule has 0 saturated carbocycles. The molecule has 0 spiro atoms. The SMILES string of the molecule is C[C@H](O)[C@H](NC(=O)c1ccc(C(=O)N[C@H](C(=O)O)[C@H](C)O)cc1)C(=O)O. The summed E-state index contributed by atoms with van der Waals surface area (Å²) in [4.78, 5) is 45.9. The normalized spacial score (nSPS) is 15.2. The lowest BCUT2D eigenvalue weighted by Crippen LogP contribution is -2.48. The van der Waals surface area contributed by atoms with Crippen molar-refractivity contribution in [3.05, 3.63) is 35.4 Å². The van der Waals surface area contributed by atoms with E-state index in [1.807, 2.05) is 0 Å². The summed E-state index contributed by atoms with van der Waals surface area (Å²) in [6.45, 7) is 2.43. The van der Waals surface area contributed by atoms with E-state index in [-0.39, 0.29) is 11.1 Å². The first kappa shape index (κ1) is 21.1. The molecule has 0 unspecified atom stereocenters. The molecule has 1 rings (SSSR count). The summed E-state index contributed by atoms with van der Waals surface area (Å²) in [6.07, 6.45) is -2.62. The number of carbonyl (C=O) groups excluding carboxylic acids is 2. The average molecular weight is 368 g/mol. The van der Waals surface area contributed by atoms with Crippen LogP contribution in [0.2, 0.25) is 0 Å². The van der Waals surface area contributed by atoms with Crippen LogP contribution in [0.4, 0.5) is 0 Å². The van der Waals surface area contributed by atoms with Gasteiger partial charge in [-0.05, 0) is 38.1 Å². The van der Waals surface area contributed by atoms with E-state index < -0.39 is 48.0 Å². The molecule has 142 valence electrons. The first-order valence-corrected chi connectivity index (χ1v) is 7.58. The number of hydrogen-bond acceptors (Lipinski definition) is 6. The van der Waals surface area contributed by atoms with Crippen molar-refractivity contribution < 1.29 is 39.6 Å². The Labute approximate surface area is 148 Å². The van der Waals surface area contributed by atoms with Gasteiger partial charge in [0.05, 0.1) is 12.2 Å². The number of benzene rings is 1. The third kappa shape index (κ3) is 5.53. The van der Waals surface area contributed by atoms with Gasteiger partial charge in [0.25, 0.3) is 11.8 Å². The maximum absolute atomic E-state index is 12.0. The molecule has 0 aliphatic carbocycles. The van der Waals surface area contributed by atoms with Crippen molar-refractivity contribution in [2.45, 2.75) is 38.1 Å². The molecule has 0 radical (unpaired) electrons. The predicted octanol–water partition coefficient (Wildman–Crippen LogP) is -1.19. The molecule has 1 aromatic rings. The van der Waals surface area contributed by atoms with Crippen LogP contribution in [-0.2, 0) is 9.59 Å². The molecule has 0 aliphatic heterocycles. The first-order valence-electron chi connectivity index (χ1n) is 7.58. The number of aliphatic hydroxyl groups excluding tert-OH is 2. The van der Waals surface area contributed by atoms with Crippen LogP contribution in [0.15, 0.2) is 24.3 Å². The second-order valence-electron chi connectivity index (χ2n) is 5.64. The van der Waals surface area contributed by atoms with Gasteiger partial charge in [0.1, 0.15) is 0 Å². The van der Waals surface area contributed by atoms with Crippen molar-refractivity contribution in [3.63, 3.8) is 0 Å². The van der Waals surface area contributed by atoms with Gasteiger partial charge in [0.15, 0.2) is 12.1 Å². The highest BCUT2D eigenvalue weighted by Crippen LogP contribution is 2.07. The highest BCUT2D eigenvalue weighted by Gasteiger charge is 2.27. The van der Waals surface area contributed by atoms with Crippen LogP contribution in [-0.4, -0.2) is 68.5 Å². The Bertz CT molecular complexity index is 625. The molecular formula is C16H20N2O8. The number of hydrogen-bond donors (Lipinski definition) is 6. The second-order valence-corrected chi connectivity index (χ2v) is 5.64. The molecule has 2 amide bonds. The van der Waals surface area contributed by atoms with Crippen molar-refractivity contribution in [2.75, 3.05) is 0 Å². The number of amides is 2. The van der Waals surface area contributed by atoms with Crippen LogP contribution in [0.1, 0.15) is 34.6 Å². The summed E-state index contributed by atoms with van der Waals surface area (Å²) in [5, 5.41) is 40.9. The molecule has 0 saturated heterocycles. The van der Waals surface area contributed by atoms with Crippen LogP contribution < -0.4 is 10.6 Å². The van der Waals surface area contributed by atoms with E-state index in [2.05, 4.69) is 10.6 Å². The zero-order valence-corrected chi connectivity index (χ0v) is 14.0. The minimum Gasteiger partial charge on any atom is -0.480 e. The van der Waals surface area contributed by atoms with Crippen LogP contribution in [0.3, 0.4) is 0 Å². The smallest absolute Gasteiger partial charge is 0.328 e. The Hall–Kier alpha value is -2.98. The zero-order valence-electron chi connectivity index (χ0n) is 14.0. The third-order valence-corrected chi connectivity index (χ3v) is 3.48. The molecule has 10 heteroatoms. The largest absolute Gasteiger partial charge is 0.480 e. The van der Waals surface area contributed by atoms with Gasteiger partial charge in [-0.3, -0.25) is 9.59 Å². The van der Waals surface area contributed by atoms with Crippen molar-refractivity contribution in [1.82, 2.24) is 10.6 Å². The zero-order chi connectivity index (χ0) is 20.0. The number of aliphatic hydroxyl groups is 2. The lowest BCUT2D eigenvalue weighted by atomic mass is 10.1. The van der Waals surface area contributed by atoms with Gasteiger partial charge >= 0.3 is 11.9 Å². The van der Waals surface area contributed by atoms with E-state index in [9.17, 15) is 29.4 Å². The number of nitrogens with one attached hydrogen (secondary N) is 2. The van der Waals surface area contributed by atoms with E-state index in [4.69, 9.17) is 10.2 Å². The van der Waals surface area contributed by atoms with E-state index in [1.165, 1.54) is 38.1 Å². The topological polar surface area (TPSA) is 173 Å². The molecule has 26 heavy (non-hydrogen) atoms. The summed E-state index contributed by atoms with van der Waals surface area (Å²) in [5.74, 6) is -4.33. The van der Waals surface area contributed by atoms with Crippen molar-refractivity contribution in [2.24, 2.45) is 0 Å². The standard InChI is InChI=1S/C16H20N2O8/c1-7(19)11(15(23)24)17-13(21)9-3-5-10(6-4-9)14(22)18-12(8(2)20)16(25)26/h3-8,11-12,19-20H,1-2H3,(H,17,21)(H,18,22)(H,23,24)(H,25,26)/t7-,8-,11-,12-/m0/s1. The molecule has 0 heterocycles. The van der Waals surface area contributed by atoms with Gasteiger partial charge in [-0.25, -0.2) is 9.59 Å². The lowest BCUT2D eigenvalue weighted by molar-refractivity contribution is -0.142. The number of aliphatic carboxylic acids is 2. The molecule has 1 aromatic carbocycles. The predicted molar refractivity (Wildman–Crippen MR) is 87.6 cm³/mol. The van der Waals surface area contributed by atoms with Crippen molar-refractivity contribution in [1.29, 1.82) is 0 Å². The molecule has 0 aliphatic rings. The summed E-state index contributed by atoms with van der Waals surface area (Å²) in [7, 11) is 0. The highest BCUT2D eigenvalue weighted by atomic mass is 16.4. The number of carboxylic acids is 2. The fourth-order valence-electron chi connectivity index (χ4n) is 2.00. The quantitative estimate of drug-likeness (QED) is 0.332. The van der Waals surface area contributed by atoms with Crippen LogP contribution >= 0.6 is 0 Å². The Morgan fingerprint density at radius 3 is 1.19 bits per heavy atom. The number of carboxylic acid groups (broad SMARTS) is 2. The Morgan fingerprint density at radius 1 is 0.731 bits per heavy atom. The van der Waals surface area contributed by atoms with Gasteiger partial charge in [0.2, 0.25) is 0 Å². The van der Waals surface area contributed by atoms with Crippen molar-refractivity contribution in [3.8, 4) is 0 Å². The number of carbonyl (C=O) groups is 4. The molecule has 0 fully saturated rings. The fraction of sp³-hybridized carbons (Fsp3) is 0.375. The number of rotatable bonds is 8. The van der Waals surface area contributed by atoms with Gasteiger partial charge in [-0.15, -0.1) is 0 Å². The Balaban J connectivity index is 2.84. The minimum absolute atomic E-state index is 0.0405. The maximum atomic E-state index is 12.0. The average Bonchev–Trinajstić information content (AvgIpc) is 2.55. The van der Waals surface area contributed by atoms with Crippen molar-refractivity contribution >= 4 is 23.8 Å². The molecule has 0 bridgehead atoms. The highest BCUT2D eigenvalue weighted by molar-refractivity contribution is 6.00. The molecule has 6 N–H and O–H groups in total. The first-order chi connectivity index (χ1) is 12.0.